The molecule has 6 nitrogen and oxygen atoms in total. The van der Waals surface area contributed by atoms with E-state index < -0.39 is 11.9 Å². The second-order valence-corrected chi connectivity index (χ2v) is 4.60. The lowest BCUT2D eigenvalue weighted by molar-refractivity contribution is -0.151. The molecule has 0 aromatic carbocycles. The van der Waals surface area contributed by atoms with Crippen LogP contribution in [-0.4, -0.2) is 29.3 Å². The van der Waals surface area contributed by atoms with Crippen LogP contribution in [0, 0.1) is 12.8 Å². The molecule has 110 valence electrons. The highest BCUT2D eigenvalue weighted by atomic mass is 16.5. The van der Waals surface area contributed by atoms with Crippen LogP contribution in [0.1, 0.15) is 38.1 Å². The zero-order chi connectivity index (χ0) is 15.1. The molecular weight excluding hydrogens is 262 g/mol. The number of aromatic nitrogens is 1. The minimum Gasteiger partial charge on any atom is -0.465 e. The highest BCUT2D eigenvalue weighted by Gasteiger charge is 2.25. The van der Waals surface area contributed by atoms with Gasteiger partial charge in [-0.3, -0.25) is 14.4 Å². The summed E-state index contributed by atoms with van der Waals surface area (Å²) in [5.41, 5.74) is 0.709. The van der Waals surface area contributed by atoms with Crippen LogP contribution >= 0.6 is 0 Å². The van der Waals surface area contributed by atoms with Gasteiger partial charge in [-0.1, -0.05) is 5.16 Å². The van der Waals surface area contributed by atoms with Crippen molar-refractivity contribution in [2.75, 3.05) is 6.61 Å². The lowest BCUT2D eigenvalue weighted by Crippen LogP contribution is -2.25. The second-order valence-electron chi connectivity index (χ2n) is 4.60. The van der Waals surface area contributed by atoms with E-state index in [1.807, 2.05) is 0 Å². The molecule has 0 saturated heterocycles. The zero-order valence-electron chi connectivity index (χ0n) is 12.0. The average molecular weight is 281 g/mol. The summed E-state index contributed by atoms with van der Waals surface area (Å²) in [7, 11) is 0. The normalized spacial score (nSPS) is 11.9. The summed E-state index contributed by atoms with van der Waals surface area (Å²) in [6.45, 7) is 4.98. The molecule has 0 fully saturated rings. The molecule has 1 rings (SSSR count). The topological polar surface area (TPSA) is 86.5 Å². The van der Waals surface area contributed by atoms with E-state index in [0.29, 0.717) is 11.5 Å². The van der Waals surface area contributed by atoms with E-state index in [2.05, 4.69) is 5.16 Å². The number of carbonyl (C=O) groups excluding carboxylic acids is 3. The number of carbonyl (C=O) groups is 3. The predicted octanol–water partition coefficient (Wildman–Crippen LogP) is 1.64. The Morgan fingerprint density at radius 2 is 2.10 bits per heavy atom. The Labute approximate surface area is 117 Å². The molecule has 0 spiro atoms. The lowest BCUT2D eigenvalue weighted by atomic mass is 9.97. The predicted molar refractivity (Wildman–Crippen MR) is 70.0 cm³/mol. The van der Waals surface area contributed by atoms with Gasteiger partial charge in [-0.15, -0.1) is 0 Å². The van der Waals surface area contributed by atoms with Gasteiger partial charge in [0.05, 0.1) is 18.7 Å². The largest absolute Gasteiger partial charge is 0.465 e. The first-order valence-electron chi connectivity index (χ1n) is 6.55. The summed E-state index contributed by atoms with van der Waals surface area (Å²) in [6, 6.07) is 1.69. The number of esters is 1. The molecule has 20 heavy (non-hydrogen) atoms. The molecule has 0 saturated carbocycles. The van der Waals surface area contributed by atoms with Crippen LogP contribution in [0.2, 0.25) is 0 Å². The maximum Gasteiger partial charge on any atom is 0.316 e. The summed E-state index contributed by atoms with van der Waals surface area (Å²) in [5.74, 6) is -1.33. The molecule has 1 atom stereocenters. The molecule has 1 aromatic heterocycles. The molecule has 6 heteroatoms. The van der Waals surface area contributed by atoms with Crippen LogP contribution in [0.5, 0.6) is 0 Å². The molecular formula is C14H19NO5. The fourth-order valence-corrected chi connectivity index (χ4v) is 1.82. The van der Waals surface area contributed by atoms with Crippen molar-refractivity contribution in [1.29, 1.82) is 0 Å². The number of rotatable bonds is 8. The van der Waals surface area contributed by atoms with Crippen LogP contribution in [-0.2, 0) is 25.5 Å². The molecule has 1 heterocycles. The summed E-state index contributed by atoms with van der Waals surface area (Å²) in [4.78, 5) is 34.7. The minimum absolute atomic E-state index is 0.100. The maximum absolute atomic E-state index is 11.8. The Morgan fingerprint density at radius 3 is 2.60 bits per heavy atom. The SMILES string of the molecule is CCOC(=O)C(CCC(=O)Cc1cc(C)no1)C(C)=O. The number of hydrogen-bond acceptors (Lipinski definition) is 6. The Kier molecular flexibility index (Phi) is 6.09. The number of nitrogens with zero attached hydrogens (tertiary/aromatic N) is 1. The summed E-state index contributed by atoms with van der Waals surface area (Å²) in [6.07, 6.45) is 0.414. The standard InChI is InChI=1S/C14H19NO5/c1-4-19-14(18)13(10(3)16)6-5-11(17)8-12-7-9(2)15-20-12/h7,13H,4-6,8H2,1-3H3. The van der Waals surface area contributed by atoms with Gasteiger partial charge >= 0.3 is 5.97 Å². The van der Waals surface area contributed by atoms with Gasteiger partial charge in [-0.25, -0.2) is 0 Å². The summed E-state index contributed by atoms with van der Waals surface area (Å²) >= 11 is 0. The van der Waals surface area contributed by atoms with Gasteiger partial charge in [-0.2, -0.15) is 0 Å². The van der Waals surface area contributed by atoms with Crippen molar-refractivity contribution in [3.8, 4) is 0 Å². The van der Waals surface area contributed by atoms with Crippen molar-refractivity contribution in [1.82, 2.24) is 5.16 Å². The van der Waals surface area contributed by atoms with Gasteiger partial charge in [0.2, 0.25) is 0 Å². The highest BCUT2D eigenvalue weighted by molar-refractivity contribution is 5.98. The van der Waals surface area contributed by atoms with E-state index in [1.165, 1.54) is 6.92 Å². The number of hydrogen-bond donors (Lipinski definition) is 0. The zero-order valence-corrected chi connectivity index (χ0v) is 12.0. The van der Waals surface area contributed by atoms with E-state index in [4.69, 9.17) is 9.26 Å². The van der Waals surface area contributed by atoms with Gasteiger partial charge in [-0.05, 0) is 27.2 Å². The van der Waals surface area contributed by atoms with Crippen LogP contribution in [0.3, 0.4) is 0 Å². The Hall–Kier alpha value is -1.98. The maximum atomic E-state index is 11.8. The van der Waals surface area contributed by atoms with Crippen molar-refractivity contribution in [3.63, 3.8) is 0 Å². The monoisotopic (exact) mass is 281 g/mol. The van der Waals surface area contributed by atoms with Crippen LogP contribution < -0.4 is 0 Å². The van der Waals surface area contributed by atoms with Gasteiger partial charge in [0.25, 0.3) is 0 Å². The quantitative estimate of drug-likeness (QED) is 0.532. The lowest BCUT2D eigenvalue weighted by Gasteiger charge is -2.11. The first-order chi connectivity index (χ1) is 9.43. The number of ketones is 2. The number of ether oxygens (including phenoxy) is 1. The van der Waals surface area contributed by atoms with Crippen molar-refractivity contribution >= 4 is 17.5 Å². The van der Waals surface area contributed by atoms with E-state index >= 15 is 0 Å². The first kappa shape index (κ1) is 16.1. The molecule has 0 aliphatic carbocycles. The van der Waals surface area contributed by atoms with E-state index in [9.17, 15) is 14.4 Å². The van der Waals surface area contributed by atoms with Crippen LogP contribution in [0.25, 0.3) is 0 Å². The number of Topliss-reactive ketones (excluding diaryl/α,β-unsaturated/α-hetero) is 2. The molecule has 1 aromatic rings. The van der Waals surface area contributed by atoms with Gasteiger partial charge in [0.1, 0.15) is 23.2 Å². The van der Waals surface area contributed by atoms with E-state index in [0.717, 1.165) is 0 Å². The van der Waals surface area contributed by atoms with Crippen molar-refractivity contribution in [2.45, 2.75) is 40.0 Å². The molecule has 0 aliphatic rings. The Morgan fingerprint density at radius 1 is 1.40 bits per heavy atom. The van der Waals surface area contributed by atoms with Crippen LogP contribution in [0.4, 0.5) is 0 Å². The van der Waals surface area contributed by atoms with E-state index in [-0.39, 0.29) is 37.4 Å². The molecule has 0 N–H and O–H groups in total. The average Bonchev–Trinajstić information content (AvgIpc) is 2.74. The smallest absolute Gasteiger partial charge is 0.316 e. The second kappa shape index (κ2) is 7.57. The summed E-state index contributed by atoms with van der Waals surface area (Å²) < 4.78 is 9.77. The third-order valence-electron chi connectivity index (χ3n) is 2.82. The van der Waals surface area contributed by atoms with Crippen molar-refractivity contribution in [3.05, 3.63) is 17.5 Å². The fourth-order valence-electron chi connectivity index (χ4n) is 1.82. The first-order valence-corrected chi connectivity index (χ1v) is 6.55. The molecule has 0 radical (unpaired) electrons. The third-order valence-corrected chi connectivity index (χ3v) is 2.82. The minimum atomic E-state index is -0.865. The molecule has 0 bridgehead atoms. The fraction of sp³-hybridized carbons (Fsp3) is 0.571. The highest BCUT2D eigenvalue weighted by Crippen LogP contribution is 2.13. The molecule has 0 amide bonds. The van der Waals surface area contributed by atoms with Crippen molar-refractivity contribution in [2.24, 2.45) is 5.92 Å². The summed E-state index contributed by atoms with van der Waals surface area (Å²) in [5, 5.41) is 3.69. The van der Waals surface area contributed by atoms with Gasteiger partial charge < -0.3 is 9.26 Å². The Balaban J connectivity index is 2.48. The Bertz CT molecular complexity index is 492. The number of aryl methyl sites for hydroxylation is 1. The van der Waals surface area contributed by atoms with Crippen LogP contribution in [0.15, 0.2) is 10.6 Å². The van der Waals surface area contributed by atoms with E-state index in [1.54, 1.807) is 19.9 Å². The molecule has 1 unspecified atom stereocenters. The van der Waals surface area contributed by atoms with Crippen molar-refractivity contribution < 1.29 is 23.6 Å². The third kappa shape index (κ3) is 4.95. The molecule has 0 aliphatic heterocycles. The van der Waals surface area contributed by atoms with Gasteiger partial charge in [0, 0.05) is 12.5 Å². The van der Waals surface area contributed by atoms with Gasteiger partial charge in [0.15, 0.2) is 0 Å².